The summed E-state index contributed by atoms with van der Waals surface area (Å²) in [6, 6.07) is 35.7. The molecule has 2 spiro atoms. The molecule has 0 saturated heterocycles. The molecule has 15 aliphatic rings. The van der Waals surface area contributed by atoms with E-state index in [1.807, 2.05) is 24.3 Å². The van der Waals surface area contributed by atoms with Crippen LogP contribution in [0, 0.1) is 0 Å². The van der Waals surface area contributed by atoms with Crippen molar-refractivity contribution in [1.82, 2.24) is 0 Å². The normalized spacial score (nSPS) is 18.5. The summed E-state index contributed by atoms with van der Waals surface area (Å²) in [4.78, 5) is 2.43. The highest BCUT2D eigenvalue weighted by atomic mass is 32.1. The molecule has 0 fully saturated rings. The second kappa shape index (κ2) is 26.9. The maximum Gasteiger partial charge on any atom is 0.420 e. The first-order chi connectivity index (χ1) is 57.8. The van der Waals surface area contributed by atoms with E-state index >= 15 is 52.7 Å². The van der Waals surface area contributed by atoms with Gasteiger partial charge in [0.1, 0.15) is 98.9 Å². The summed E-state index contributed by atoms with van der Waals surface area (Å²) in [6.07, 6.45) is -18.0. The van der Waals surface area contributed by atoms with Gasteiger partial charge in [-0.25, -0.2) is 0 Å². The van der Waals surface area contributed by atoms with Crippen molar-refractivity contribution >= 4 is 45.3 Å². The minimum atomic E-state index is -5.00. The molecule has 0 N–H and O–H groups in total. The summed E-state index contributed by atoms with van der Waals surface area (Å²) in [5, 5.41) is 0. The zero-order chi connectivity index (χ0) is 84.9. The van der Waals surface area contributed by atoms with E-state index in [-0.39, 0.29) is 164 Å². The SMILES string of the molecule is CC1(C)CC23CC(C)(C)c4ccc(cc42)Oc2ccc(cc2C(F)(F)F)-c2sc(c4c2OCCO4)-c2sc(c4c2OCCO4)-c2ccc(c(C(F)(F)F)c2)Oc2ccc4c(c2)C2(CC(C)(C)c5ccc(cc52)Oc2ccc(cc2C(F)(F)F)-c2sc(c5c2OCCO5)-c2sc(c5c2OCCO5)-c2ccc(c(C(F)(F)F)c2)Oc2ccc1c3c2)CC4(C)C. The molecular formula is C94H72F12O12S4. The Kier molecular flexibility index (Phi) is 17.3. The van der Waals surface area contributed by atoms with E-state index in [1.165, 1.54) is 48.5 Å². The topological polar surface area (TPSA) is 111 Å². The fourth-order valence-corrected chi connectivity index (χ4v) is 25.5. The molecular weight excluding hydrogens is 1680 g/mol. The molecule has 15 heterocycles. The van der Waals surface area contributed by atoms with Crippen LogP contribution in [0.25, 0.3) is 61.3 Å². The van der Waals surface area contributed by atoms with E-state index in [0.717, 1.165) is 114 Å². The van der Waals surface area contributed by atoms with Crippen LogP contribution in [0.15, 0.2) is 146 Å². The molecule has 0 atom stereocenters. The van der Waals surface area contributed by atoms with Gasteiger partial charge in [-0.2, -0.15) is 52.7 Å². The Morgan fingerprint density at radius 2 is 0.418 bits per heavy atom. The van der Waals surface area contributed by atoms with Gasteiger partial charge in [0.2, 0.25) is 0 Å². The predicted octanol–water partition coefficient (Wildman–Crippen LogP) is 27.9. The summed E-state index contributed by atoms with van der Waals surface area (Å²) >= 11 is 4.18. The summed E-state index contributed by atoms with van der Waals surface area (Å²) < 4.78 is 267. The molecule has 0 radical (unpaired) electrons. The van der Waals surface area contributed by atoms with Crippen LogP contribution in [0.3, 0.4) is 0 Å². The van der Waals surface area contributed by atoms with Crippen LogP contribution in [0.1, 0.15) is 148 Å². The number of fused-ring (bicyclic) bond motifs is 4. The average molecular weight is 1750 g/mol. The third kappa shape index (κ3) is 12.4. The quantitative estimate of drug-likeness (QED) is 0.135. The van der Waals surface area contributed by atoms with Crippen molar-refractivity contribution in [3.63, 3.8) is 0 Å². The van der Waals surface area contributed by atoms with Gasteiger partial charge >= 0.3 is 24.7 Å². The molecule has 27 rings (SSSR count). The predicted molar refractivity (Wildman–Crippen MR) is 439 cm³/mol. The van der Waals surface area contributed by atoms with Crippen molar-refractivity contribution in [2.75, 3.05) is 52.9 Å². The van der Waals surface area contributed by atoms with Gasteiger partial charge in [0.15, 0.2) is 46.0 Å². The summed E-state index contributed by atoms with van der Waals surface area (Å²) in [5.41, 5.74) is -1.42. The standard InChI is InChI=1S/C94H72F12O12S4/c1-85(2)41-89-42-86(3,4)54-18-14-50(38-58(54)89)116-66-22-10-46(34-62(66)92(98,99)100)78-70-74(112-30-26-108-70)83(120-78)84-76-72(110-28-32-114-76)80(122-84)48-12-24-68(64(36-48)94(104,105)106)118-52-16-20-56-60(40-52)90(44-88(56,7)8)43-87(5,6)55-19-15-51(39-59(55)90)117-67-23-11-47(35-63(67)93(101,102)103)79-71-75(113-31-27-109-71)82(121-79)81-73-69(107-25-29-111-73)77(119-81)45-9-21-65(61(33-45)91(95,96)97)115-49-13-17-53(85)57(89)37-49/h9-24,33-40H,25-32,41-44H2,1-8H3. The van der Waals surface area contributed by atoms with Crippen LogP contribution in [0.4, 0.5) is 52.7 Å². The second-order valence-electron chi connectivity index (χ2n) is 34.9. The first kappa shape index (κ1) is 78.6. The fourth-order valence-electron chi connectivity index (χ4n) is 20.5. The lowest BCUT2D eigenvalue weighted by atomic mass is 9.72. The minimum absolute atomic E-state index is 0.0313. The summed E-state index contributed by atoms with van der Waals surface area (Å²) in [5.74, 6) is -0.459. The van der Waals surface area contributed by atoms with Crippen molar-refractivity contribution in [1.29, 1.82) is 0 Å². The van der Waals surface area contributed by atoms with Gasteiger partial charge in [-0.1, -0.05) is 79.7 Å². The highest BCUT2D eigenvalue weighted by Crippen LogP contribution is 2.69. The van der Waals surface area contributed by atoms with Gasteiger partial charge in [-0.05, 0) is 235 Å². The van der Waals surface area contributed by atoms with E-state index in [1.54, 1.807) is 48.5 Å². The lowest BCUT2D eigenvalue weighted by molar-refractivity contribution is -0.139. The van der Waals surface area contributed by atoms with Crippen LogP contribution in [-0.4, -0.2) is 52.9 Å². The highest BCUT2D eigenvalue weighted by molar-refractivity contribution is 7.27. The second-order valence-corrected chi connectivity index (χ2v) is 39.0. The summed E-state index contributed by atoms with van der Waals surface area (Å²) in [6.45, 7) is 16.9. The van der Waals surface area contributed by atoms with Gasteiger partial charge in [-0.3, -0.25) is 0 Å². The number of hydrogen-bond donors (Lipinski definition) is 0. The molecule has 4 aliphatic carbocycles. The van der Waals surface area contributed by atoms with Crippen molar-refractivity contribution in [3.05, 3.63) is 212 Å². The zero-order valence-electron chi connectivity index (χ0n) is 66.4. The zero-order valence-corrected chi connectivity index (χ0v) is 69.7. The van der Waals surface area contributed by atoms with E-state index in [9.17, 15) is 0 Å². The molecule has 628 valence electrons. The Morgan fingerprint density at radius 3 is 0.607 bits per heavy atom. The maximum absolute atomic E-state index is 15.9. The van der Waals surface area contributed by atoms with Gasteiger partial charge in [0, 0.05) is 10.8 Å². The van der Waals surface area contributed by atoms with E-state index in [0.29, 0.717) is 45.2 Å². The van der Waals surface area contributed by atoms with Gasteiger partial charge in [0.25, 0.3) is 0 Å². The van der Waals surface area contributed by atoms with Crippen LogP contribution < -0.4 is 56.8 Å². The lowest BCUT2D eigenvalue weighted by Crippen LogP contribution is -2.27. The molecule has 12 nitrogen and oxygen atoms in total. The Labute approximate surface area is 707 Å². The number of thiophene rings is 4. The highest BCUT2D eigenvalue weighted by Gasteiger charge is 2.59. The number of hydrogen-bond acceptors (Lipinski definition) is 16. The summed E-state index contributed by atoms with van der Waals surface area (Å²) in [7, 11) is 0. The molecule has 0 amide bonds. The van der Waals surface area contributed by atoms with Crippen molar-refractivity contribution < 1.29 is 110 Å². The Morgan fingerprint density at radius 1 is 0.230 bits per heavy atom. The first-order valence-electron chi connectivity index (χ1n) is 39.7. The van der Waals surface area contributed by atoms with Gasteiger partial charge in [0.05, 0.1) is 61.3 Å². The van der Waals surface area contributed by atoms with E-state index in [2.05, 4.69) is 55.4 Å². The molecule has 11 aliphatic heterocycles. The molecule has 24 bridgehead atoms. The van der Waals surface area contributed by atoms with Crippen molar-refractivity contribution in [2.24, 2.45) is 0 Å². The molecule has 0 unspecified atom stereocenters. The van der Waals surface area contributed by atoms with Gasteiger partial charge in [-0.15, -0.1) is 45.3 Å². The monoisotopic (exact) mass is 1750 g/mol. The molecule has 4 aromatic heterocycles. The van der Waals surface area contributed by atoms with Crippen LogP contribution in [0.2, 0.25) is 0 Å². The minimum Gasteiger partial charge on any atom is -0.485 e. The largest absolute Gasteiger partial charge is 0.485 e. The van der Waals surface area contributed by atoms with Gasteiger partial charge < -0.3 is 56.8 Å². The lowest BCUT2D eigenvalue weighted by Gasteiger charge is -2.31. The number of ether oxygens (including phenoxy) is 12. The van der Waals surface area contributed by atoms with Crippen molar-refractivity contribution in [3.8, 4) is 153 Å². The fraction of sp³-hybridized carbons (Fsp3) is 0.319. The molecule has 0 saturated carbocycles. The number of rotatable bonds is 0. The van der Waals surface area contributed by atoms with Crippen LogP contribution >= 0.6 is 45.3 Å². The molecule has 28 heteroatoms. The maximum atomic E-state index is 15.9. The molecule has 8 aromatic carbocycles. The Bertz CT molecular complexity index is 5660. The van der Waals surface area contributed by atoms with E-state index < -0.39 is 102 Å². The molecule has 122 heavy (non-hydrogen) atoms. The van der Waals surface area contributed by atoms with E-state index in [4.69, 9.17) is 56.8 Å². The number of halogens is 12. The van der Waals surface area contributed by atoms with Crippen LogP contribution in [-0.2, 0) is 57.2 Å². The smallest absolute Gasteiger partial charge is 0.420 e. The van der Waals surface area contributed by atoms with Crippen LogP contribution in [0.5, 0.6) is 92.0 Å². The van der Waals surface area contributed by atoms with Crippen molar-refractivity contribution in [2.45, 2.75) is 138 Å². The molecule has 12 aromatic rings. The first-order valence-corrected chi connectivity index (χ1v) is 43.0. The number of alkyl halides is 12. The third-order valence-electron chi connectivity index (χ3n) is 25.0. The number of benzene rings is 8. The Balaban J connectivity index is 0.716. The third-order valence-corrected chi connectivity index (χ3v) is 30.2. The average Bonchev–Trinajstić information content (AvgIpc) is 1.53. The Hall–Kier alpha value is -10.7.